The summed E-state index contributed by atoms with van der Waals surface area (Å²) in [5.41, 5.74) is 2.24. The van der Waals surface area contributed by atoms with Crippen LogP contribution in [0.2, 0.25) is 0 Å². The highest BCUT2D eigenvalue weighted by Gasteiger charge is 2.22. The molecule has 1 unspecified atom stereocenters. The Hall–Kier alpha value is -2.04. The third kappa shape index (κ3) is 4.49. The molecule has 1 aromatic carbocycles. The summed E-state index contributed by atoms with van der Waals surface area (Å²) >= 11 is 0. The molecule has 0 spiro atoms. The molecule has 1 fully saturated rings. The number of rotatable bonds is 5. The Kier molecular flexibility index (Phi) is 6.23. The molecule has 0 bridgehead atoms. The van der Waals surface area contributed by atoms with Crippen molar-refractivity contribution in [3.63, 3.8) is 0 Å². The van der Waals surface area contributed by atoms with Crippen LogP contribution < -0.4 is 4.74 Å². The number of carboxylic acids is 1. The van der Waals surface area contributed by atoms with Gasteiger partial charge in [0.2, 0.25) is 0 Å². The number of aryl methyl sites for hydroxylation is 2. The van der Waals surface area contributed by atoms with Gasteiger partial charge >= 0.3 is 5.97 Å². The minimum absolute atomic E-state index is 0.0581. The summed E-state index contributed by atoms with van der Waals surface area (Å²) in [6.45, 7) is 7.15. The van der Waals surface area contributed by atoms with Gasteiger partial charge in [-0.2, -0.15) is 0 Å². The highest BCUT2D eigenvalue weighted by atomic mass is 16.5. The number of carboxylic acid groups (broad SMARTS) is 1. The Bertz CT molecular complexity index is 588. The van der Waals surface area contributed by atoms with Crippen LogP contribution in [0.1, 0.15) is 54.1 Å². The third-order valence-corrected chi connectivity index (χ3v) is 4.76. The van der Waals surface area contributed by atoms with E-state index in [0.717, 1.165) is 43.0 Å². The lowest BCUT2D eigenvalue weighted by Gasteiger charge is -2.22. The molecule has 132 valence electrons. The minimum Gasteiger partial charge on any atom is -0.481 e. The molecule has 0 aromatic heterocycles. The van der Waals surface area contributed by atoms with E-state index in [1.807, 2.05) is 18.7 Å². The molecular weight excluding hydrogens is 306 g/mol. The van der Waals surface area contributed by atoms with Crippen molar-refractivity contribution in [2.45, 2.75) is 46.5 Å². The summed E-state index contributed by atoms with van der Waals surface area (Å²) in [5, 5.41) is 8.75. The quantitative estimate of drug-likeness (QED) is 0.896. The van der Waals surface area contributed by atoms with Crippen molar-refractivity contribution in [2.75, 3.05) is 19.7 Å². The van der Waals surface area contributed by atoms with Crippen LogP contribution in [0.25, 0.3) is 0 Å². The first-order valence-corrected chi connectivity index (χ1v) is 8.67. The summed E-state index contributed by atoms with van der Waals surface area (Å²) in [4.78, 5) is 25.4. The van der Waals surface area contributed by atoms with E-state index in [4.69, 9.17) is 9.84 Å². The van der Waals surface area contributed by atoms with E-state index in [0.29, 0.717) is 11.3 Å². The standard InChI is InChI=1S/C19H27NO4/c1-4-15-6-5-8-20(9-7-15)19(23)16-10-13(2)18(14(3)11-16)24-12-17(21)22/h10-11,15H,4-9,12H2,1-3H3,(H,21,22). The predicted octanol–water partition coefficient (Wildman–Crippen LogP) is 3.42. The summed E-state index contributed by atoms with van der Waals surface area (Å²) in [7, 11) is 0. The number of carbonyl (C=O) groups excluding carboxylic acids is 1. The van der Waals surface area contributed by atoms with Gasteiger partial charge in [0, 0.05) is 18.7 Å². The van der Waals surface area contributed by atoms with Crippen LogP contribution in [0.5, 0.6) is 5.75 Å². The van der Waals surface area contributed by atoms with Gasteiger partial charge in [0.25, 0.3) is 5.91 Å². The van der Waals surface area contributed by atoms with Gasteiger partial charge in [-0.3, -0.25) is 4.79 Å². The first-order chi connectivity index (χ1) is 11.4. The molecule has 2 rings (SSSR count). The molecular formula is C19H27NO4. The van der Waals surface area contributed by atoms with Gasteiger partial charge in [-0.25, -0.2) is 4.79 Å². The maximum Gasteiger partial charge on any atom is 0.341 e. The van der Waals surface area contributed by atoms with E-state index in [1.165, 1.54) is 12.8 Å². The molecule has 5 heteroatoms. The van der Waals surface area contributed by atoms with Crippen molar-refractivity contribution in [1.29, 1.82) is 0 Å². The molecule has 0 saturated carbocycles. The van der Waals surface area contributed by atoms with Gasteiger partial charge in [-0.15, -0.1) is 0 Å². The number of nitrogens with zero attached hydrogens (tertiary/aromatic N) is 1. The number of aliphatic carboxylic acids is 1. The van der Waals surface area contributed by atoms with Crippen LogP contribution in [0.15, 0.2) is 12.1 Å². The number of ether oxygens (including phenoxy) is 1. The number of carbonyl (C=O) groups is 2. The lowest BCUT2D eigenvalue weighted by Crippen LogP contribution is -2.32. The van der Waals surface area contributed by atoms with Crippen LogP contribution >= 0.6 is 0 Å². The van der Waals surface area contributed by atoms with Crippen molar-refractivity contribution in [2.24, 2.45) is 5.92 Å². The Morgan fingerprint density at radius 3 is 2.46 bits per heavy atom. The zero-order valence-electron chi connectivity index (χ0n) is 14.8. The molecule has 1 saturated heterocycles. The highest BCUT2D eigenvalue weighted by molar-refractivity contribution is 5.95. The highest BCUT2D eigenvalue weighted by Crippen LogP contribution is 2.27. The molecule has 1 amide bonds. The fraction of sp³-hybridized carbons (Fsp3) is 0.579. The van der Waals surface area contributed by atoms with Gasteiger partial charge in [0.1, 0.15) is 5.75 Å². The van der Waals surface area contributed by atoms with Crippen LogP contribution in [0, 0.1) is 19.8 Å². The molecule has 1 atom stereocenters. The van der Waals surface area contributed by atoms with E-state index in [1.54, 1.807) is 12.1 Å². The predicted molar refractivity (Wildman–Crippen MR) is 92.6 cm³/mol. The minimum atomic E-state index is -1.01. The van der Waals surface area contributed by atoms with Gasteiger partial charge in [0.05, 0.1) is 0 Å². The number of hydrogen-bond acceptors (Lipinski definition) is 3. The average molecular weight is 333 g/mol. The Labute approximate surface area is 143 Å². The fourth-order valence-corrected chi connectivity index (χ4v) is 3.39. The zero-order valence-corrected chi connectivity index (χ0v) is 14.8. The van der Waals surface area contributed by atoms with Gasteiger partial charge in [-0.1, -0.05) is 13.3 Å². The topological polar surface area (TPSA) is 66.8 Å². The Balaban J connectivity index is 2.13. The lowest BCUT2D eigenvalue weighted by atomic mass is 9.98. The molecule has 5 nitrogen and oxygen atoms in total. The van der Waals surface area contributed by atoms with E-state index in [9.17, 15) is 9.59 Å². The largest absolute Gasteiger partial charge is 0.481 e. The van der Waals surface area contributed by atoms with Gasteiger partial charge in [-0.05, 0) is 62.3 Å². The SMILES string of the molecule is CCC1CCCN(C(=O)c2cc(C)c(OCC(=O)O)c(C)c2)CC1. The maximum atomic E-state index is 12.8. The van der Waals surface area contributed by atoms with E-state index >= 15 is 0 Å². The fourth-order valence-electron chi connectivity index (χ4n) is 3.39. The second kappa shape index (κ2) is 8.18. The van der Waals surface area contributed by atoms with Crippen molar-refractivity contribution in [3.05, 3.63) is 28.8 Å². The van der Waals surface area contributed by atoms with Crippen LogP contribution in [-0.2, 0) is 4.79 Å². The monoisotopic (exact) mass is 333 g/mol. The van der Waals surface area contributed by atoms with Crippen molar-refractivity contribution in [1.82, 2.24) is 4.90 Å². The van der Waals surface area contributed by atoms with E-state index in [2.05, 4.69) is 6.92 Å². The van der Waals surface area contributed by atoms with E-state index < -0.39 is 5.97 Å². The van der Waals surface area contributed by atoms with Crippen LogP contribution in [0.3, 0.4) is 0 Å². The molecule has 0 aliphatic carbocycles. The molecule has 1 aliphatic heterocycles. The summed E-state index contributed by atoms with van der Waals surface area (Å²) in [5.74, 6) is 0.320. The average Bonchev–Trinajstić information content (AvgIpc) is 2.78. The van der Waals surface area contributed by atoms with Crippen LogP contribution in [0.4, 0.5) is 0 Å². The number of likely N-dealkylation sites (tertiary alicyclic amines) is 1. The molecule has 0 radical (unpaired) electrons. The maximum absolute atomic E-state index is 12.8. The van der Waals surface area contributed by atoms with Crippen molar-refractivity contribution >= 4 is 11.9 Å². The van der Waals surface area contributed by atoms with E-state index in [-0.39, 0.29) is 12.5 Å². The Morgan fingerprint density at radius 1 is 1.21 bits per heavy atom. The number of hydrogen-bond donors (Lipinski definition) is 1. The first-order valence-electron chi connectivity index (χ1n) is 8.67. The van der Waals surface area contributed by atoms with Gasteiger partial charge < -0.3 is 14.7 Å². The first kappa shape index (κ1) is 18.3. The molecule has 1 N–H and O–H groups in total. The van der Waals surface area contributed by atoms with Crippen molar-refractivity contribution in [3.8, 4) is 5.75 Å². The third-order valence-electron chi connectivity index (χ3n) is 4.76. The summed E-state index contributed by atoms with van der Waals surface area (Å²) in [6, 6.07) is 3.60. The zero-order chi connectivity index (χ0) is 17.7. The molecule has 1 heterocycles. The second-order valence-electron chi connectivity index (χ2n) is 6.62. The lowest BCUT2D eigenvalue weighted by molar-refractivity contribution is -0.139. The number of amides is 1. The van der Waals surface area contributed by atoms with Gasteiger partial charge in [0.15, 0.2) is 6.61 Å². The molecule has 1 aliphatic rings. The smallest absolute Gasteiger partial charge is 0.341 e. The second-order valence-corrected chi connectivity index (χ2v) is 6.62. The number of benzene rings is 1. The summed E-state index contributed by atoms with van der Waals surface area (Å²) < 4.78 is 5.33. The summed E-state index contributed by atoms with van der Waals surface area (Å²) in [6.07, 6.45) is 4.50. The Morgan fingerprint density at radius 2 is 1.88 bits per heavy atom. The normalized spacial score (nSPS) is 18.1. The molecule has 24 heavy (non-hydrogen) atoms. The molecule has 1 aromatic rings. The van der Waals surface area contributed by atoms with Crippen molar-refractivity contribution < 1.29 is 19.4 Å². The van der Waals surface area contributed by atoms with Crippen LogP contribution in [-0.4, -0.2) is 41.6 Å².